The maximum atomic E-state index is 12.4. The Morgan fingerprint density at radius 3 is 2.90 bits per heavy atom. The van der Waals surface area contributed by atoms with E-state index in [0.717, 1.165) is 43.2 Å². The highest BCUT2D eigenvalue weighted by Crippen LogP contribution is 2.42. The van der Waals surface area contributed by atoms with Crippen molar-refractivity contribution in [2.45, 2.75) is 64.7 Å². The van der Waals surface area contributed by atoms with Crippen molar-refractivity contribution >= 4 is 11.7 Å². The summed E-state index contributed by atoms with van der Waals surface area (Å²) in [7, 11) is 0. The second-order valence-corrected chi connectivity index (χ2v) is 6.83. The average Bonchev–Trinajstić information content (AvgIpc) is 2.94. The smallest absolute Gasteiger partial charge is 0.228 e. The van der Waals surface area contributed by atoms with Crippen LogP contribution in [-0.4, -0.2) is 16.1 Å². The maximum absolute atomic E-state index is 12.4. The fraction of sp³-hybridized carbons (Fsp3) is 0.765. The number of H-pyrrole nitrogens is 1. The molecule has 0 aliphatic heterocycles. The van der Waals surface area contributed by atoms with Crippen LogP contribution in [0.25, 0.3) is 0 Å². The Labute approximate surface area is 127 Å². The number of nitrogens with zero attached hydrogens (tertiary/aromatic N) is 1. The topological polar surface area (TPSA) is 57.8 Å². The SMILES string of the molecule is CCCc1cc(NC(=O)C2CCC3CCCCC3C2)n[nH]1. The molecule has 2 saturated carbocycles. The van der Waals surface area contributed by atoms with Crippen LogP contribution >= 0.6 is 0 Å². The van der Waals surface area contributed by atoms with E-state index in [1.54, 1.807) is 0 Å². The minimum Gasteiger partial charge on any atom is -0.309 e. The zero-order valence-corrected chi connectivity index (χ0v) is 13.0. The van der Waals surface area contributed by atoms with Crippen molar-refractivity contribution in [1.82, 2.24) is 10.2 Å². The van der Waals surface area contributed by atoms with E-state index in [0.29, 0.717) is 5.82 Å². The molecule has 2 aliphatic rings. The second-order valence-electron chi connectivity index (χ2n) is 6.83. The molecular weight excluding hydrogens is 262 g/mol. The predicted molar refractivity (Wildman–Crippen MR) is 84.0 cm³/mol. The lowest BCUT2D eigenvalue weighted by Gasteiger charge is -2.38. The van der Waals surface area contributed by atoms with Gasteiger partial charge in [0.2, 0.25) is 5.91 Å². The lowest BCUT2D eigenvalue weighted by Crippen LogP contribution is -2.33. The molecule has 0 bridgehead atoms. The molecule has 4 nitrogen and oxygen atoms in total. The average molecular weight is 289 g/mol. The zero-order chi connectivity index (χ0) is 14.7. The first-order valence-electron chi connectivity index (χ1n) is 8.61. The number of nitrogens with one attached hydrogen (secondary N) is 2. The molecule has 1 heterocycles. The number of hydrogen-bond donors (Lipinski definition) is 2. The number of anilines is 1. The standard InChI is InChI=1S/C17H27N3O/c1-2-5-15-11-16(20-19-15)18-17(21)14-9-8-12-6-3-4-7-13(12)10-14/h11-14H,2-10H2,1H3,(H2,18,19,20,21). The molecular formula is C17H27N3O. The van der Waals surface area contributed by atoms with Gasteiger partial charge in [-0.25, -0.2) is 0 Å². The molecule has 0 saturated heterocycles. The third-order valence-electron chi connectivity index (χ3n) is 5.31. The Bertz CT molecular complexity index is 482. The van der Waals surface area contributed by atoms with Gasteiger partial charge in [-0.1, -0.05) is 39.0 Å². The summed E-state index contributed by atoms with van der Waals surface area (Å²) >= 11 is 0. The van der Waals surface area contributed by atoms with E-state index >= 15 is 0 Å². The molecule has 116 valence electrons. The highest BCUT2D eigenvalue weighted by atomic mass is 16.1. The van der Waals surface area contributed by atoms with Gasteiger partial charge in [0.05, 0.1) is 0 Å². The first-order valence-corrected chi connectivity index (χ1v) is 8.61. The number of aromatic nitrogens is 2. The zero-order valence-electron chi connectivity index (χ0n) is 13.0. The molecule has 3 atom stereocenters. The first kappa shape index (κ1) is 14.6. The Hall–Kier alpha value is -1.32. The van der Waals surface area contributed by atoms with Crippen LogP contribution in [0.5, 0.6) is 0 Å². The van der Waals surface area contributed by atoms with Gasteiger partial charge in [-0.3, -0.25) is 9.89 Å². The molecule has 4 heteroatoms. The van der Waals surface area contributed by atoms with Gasteiger partial charge in [0.25, 0.3) is 0 Å². The highest BCUT2D eigenvalue weighted by Gasteiger charge is 2.35. The summed E-state index contributed by atoms with van der Waals surface area (Å²) in [6, 6.07) is 1.97. The van der Waals surface area contributed by atoms with Crippen LogP contribution in [0.1, 0.15) is 64.0 Å². The number of rotatable bonds is 4. The summed E-state index contributed by atoms with van der Waals surface area (Å²) < 4.78 is 0. The van der Waals surface area contributed by atoms with E-state index in [9.17, 15) is 4.79 Å². The molecule has 1 amide bonds. The summed E-state index contributed by atoms with van der Waals surface area (Å²) in [4.78, 5) is 12.4. The summed E-state index contributed by atoms with van der Waals surface area (Å²) in [5.41, 5.74) is 1.10. The van der Waals surface area contributed by atoms with Crippen molar-refractivity contribution in [2.75, 3.05) is 5.32 Å². The number of carbonyl (C=O) groups excluding carboxylic acids is 1. The number of carbonyl (C=O) groups is 1. The van der Waals surface area contributed by atoms with Gasteiger partial charge in [0.15, 0.2) is 5.82 Å². The Balaban J connectivity index is 1.55. The Morgan fingerprint density at radius 1 is 1.29 bits per heavy atom. The summed E-state index contributed by atoms with van der Waals surface area (Å²) in [6.07, 6.45) is 10.9. The van der Waals surface area contributed by atoms with Crippen LogP contribution in [-0.2, 0) is 11.2 Å². The molecule has 2 N–H and O–H groups in total. The summed E-state index contributed by atoms with van der Waals surface area (Å²) in [5.74, 6) is 2.74. The number of aromatic amines is 1. The van der Waals surface area contributed by atoms with Crippen LogP contribution in [0.3, 0.4) is 0 Å². The third-order valence-corrected chi connectivity index (χ3v) is 5.31. The van der Waals surface area contributed by atoms with E-state index in [1.165, 1.54) is 32.1 Å². The molecule has 2 aliphatic carbocycles. The number of fused-ring (bicyclic) bond motifs is 1. The van der Waals surface area contributed by atoms with Gasteiger partial charge in [0, 0.05) is 17.7 Å². The predicted octanol–water partition coefficient (Wildman–Crippen LogP) is 3.91. The van der Waals surface area contributed by atoms with Crippen LogP contribution in [0, 0.1) is 17.8 Å². The normalized spacial score (nSPS) is 28.9. The van der Waals surface area contributed by atoms with Gasteiger partial charge in [-0.15, -0.1) is 0 Å². The van der Waals surface area contributed by atoms with Gasteiger partial charge >= 0.3 is 0 Å². The molecule has 3 unspecified atom stereocenters. The van der Waals surface area contributed by atoms with Crippen molar-refractivity contribution in [3.8, 4) is 0 Å². The molecule has 0 aromatic carbocycles. The Morgan fingerprint density at radius 2 is 2.10 bits per heavy atom. The first-order chi connectivity index (χ1) is 10.3. The van der Waals surface area contributed by atoms with E-state index < -0.39 is 0 Å². The van der Waals surface area contributed by atoms with Gasteiger partial charge < -0.3 is 5.32 Å². The highest BCUT2D eigenvalue weighted by molar-refractivity contribution is 5.91. The number of amides is 1. The maximum Gasteiger partial charge on any atom is 0.228 e. The molecule has 21 heavy (non-hydrogen) atoms. The van der Waals surface area contributed by atoms with Gasteiger partial charge in [-0.2, -0.15) is 5.10 Å². The monoisotopic (exact) mass is 289 g/mol. The second kappa shape index (κ2) is 6.63. The lowest BCUT2D eigenvalue weighted by molar-refractivity contribution is -0.122. The largest absolute Gasteiger partial charge is 0.309 e. The Kier molecular flexibility index (Phi) is 4.61. The third kappa shape index (κ3) is 3.47. The van der Waals surface area contributed by atoms with Crippen molar-refractivity contribution in [3.05, 3.63) is 11.8 Å². The van der Waals surface area contributed by atoms with Crippen LogP contribution in [0.15, 0.2) is 6.07 Å². The fourth-order valence-electron chi connectivity index (χ4n) is 4.16. The summed E-state index contributed by atoms with van der Waals surface area (Å²) in [6.45, 7) is 2.14. The molecule has 1 aromatic rings. The summed E-state index contributed by atoms with van der Waals surface area (Å²) in [5, 5.41) is 10.2. The quantitative estimate of drug-likeness (QED) is 0.883. The molecule has 2 fully saturated rings. The van der Waals surface area contributed by atoms with E-state index in [2.05, 4.69) is 22.4 Å². The van der Waals surface area contributed by atoms with Crippen molar-refractivity contribution in [3.63, 3.8) is 0 Å². The fourth-order valence-corrected chi connectivity index (χ4v) is 4.16. The lowest BCUT2D eigenvalue weighted by atomic mass is 9.67. The van der Waals surface area contributed by atoms with Crippen LogP contribution < -0.4 is 5.32 Å². The van der Waals surface area contributed by atoms with E-state index in [1.807, 2.05) is 6.07 Å². The molecule has 0 radical (unpaired) electrons. The van der Waals surface area contributed by atoms with E-state index in [-0.39, 0.29) is 11.8 Å². The van der Waals surface area contributed by atoms with Crippen LogP contribution in [0.4, 0.5) is 5.82 Å². The molecule has 1 aromatic heterocycles. The number of hydrogen-bond acceptors (Lipinski definition) is 2. The van der Waals surface area contributed by atoms with E-state index in [4.69, 9.17) is 0 Å². The van der Waals surface area contributed by atoms with Crippen molar-refractivity contribution in [1.29, 1.82) is 0 Å². The van der Waals surface area contributed by atoms with Gasteiger partial charge in [-0.05, 0) is 37.5 Å². The molecule has 3 rings (SSSR count). The number of aryl methyl sites for hydroxylation is 1. The molecule has 0 spiro atoms. The van der Waals surface area contributed by atoms with Gasteiger partial charge in [0.1, 0.15) is 0 Å². The van der Waals surface area contributed by atoms with Crippen molar-refractivity contribution < 1.29 is 4.79 Å². The van der Waals surface area contributed by atoms with Crippen LogP contribution in [0.2, 0.25) is 0 Å². The van der Waals surface area contributed by atoms with Crippen molar-refractivity contribution in [2.24, 2.45) is 17.8 Å². The minimum atomic E-state index is 0.175. The minimum absolute atomic E-state index is 0.175.